The zero-order valence-electron chi connectivity index (χ0n) is 47.7. The predicted molar refractivity (Wildman–Crippen MR) is 314 cm³/mol. The van der Waals surface area contributed by atoms with Gasteiger partial charge in [0.25, 0.3) is 26.0 Å². The highest BCUT2D eigenvalue weighted by atomic mass is 32.2. The molecule has 22 heteroatoms. The molecule has 8 rings (SSSR count). The number of phenolic OH excluding ortho intramolecular Hbond substituents is 2. The third-order valence-corrected chi connectivity index (χ3v) is 17.3. The first-order valence-corrected chi connectivity index (χ1v) is 30.4. The highest BCUT2D eigenvalue weighted by molar-refractivity contribution is 7.89. The molecular weight excluding hydrogens is 1120 g/mol. The largest absolute Gasteiger partial charge is 0.508 e. The van der Waals surface area contributed by atoms with E-state index in [1.807, 2.05) is 74.5 Å². The van der Waals surface area contributed by atoms with Gasteiger partial charge in [-0.3, -0.25) is 19.3 Å². The summed E-state index contributed by atoms with van der Waals surface area (Å²) in [6.07, 6.45) is -0.578. The summed E-state index contributed by atoms with van der Waals surface area (Å²) < 4.78 is 66.7. The lowest BCUT2D eigenvalue weighted by atomic mass is 10.00. The first-order chi connectivity index (χ1) is 40.0. The minimum Gasteiger partial charge on any atom is -0.508 e. The van der Waals surface area contributed by atoms with Crippen molar-refractivity contribution in [1.29, 1.82) is 0 Å². The molecule has 2 aliphatic rings. The molecule has 0 aromatic heterocycles. The lowest BCUT2D eigenvalue weighted by molar-refractivity contribution is -0.170. The molecule has 6 aromatic rings. The maximum Gasteiger partial charge on any atom is 0.336 e. The minimum atomic E-state index is -4.15. The van der Waals surface area contributed by atoms with Gasteiger partial charge < -0.3 is 45.6 Å². The SMILES string of the molecule is CC(=O)N[C@@H](Cc1ccccc1)[C@H](O)CN(OC1CCOCC1)S(=O)(=O)c1ccc(C)cc1.Cc1c(O)cccc1C(=O)O.Cc1ccc(S(=O)(=O)N(C[C@@H](O)[C@H](Cc2ccccc2)NC(=O)c2cccc(O)c2C)OC2CCOCC2)cc1. The number of hydrogen-bond acceptors (Lipinski definition) is 15. The van der Waals surface area contributed by atoms with Gasteiger partial charge >= 0.3 is 5.97 Å². The van der Waals surface area contributed by atoms with E-state index >= 15 is 0 Å². The summed E-state index contributed by atoms with van der Waals surface area (Å²) in [5, 5.41) is 55.9. The molecule has 4 atom stereocenters. The van der Waals surface area contributed by atoms with E-state index in [1.54, 1.807) is 50.2 Å². The molecule has 6 aromatic carbocycles. The van der Waals surface area contributed by atoms with Crippen LogP contribution in [0.15, 0.2) is 155 Å². The second kappa shape index (κ2) is 31.7. The molecule has 2 fully saturated rings. The van der Waals surface area contributed by atoms with Crippen LogP contribution >= 0.6 is 0 Å². The molecule has 0 saturated carbocycles. The van der Waals surface area contributed by atoms with Crippen LogP contribution < -0.4 is 10.6 Å². The second-order valence-electron chi connectivity index (χ2n) is 20.5. The van der Waals surface area contributed by atoms with E-state index in [9.17, 15) is 46.5 Å². The van der Waals surface area contributed by atoms with Gasteiger partial charge in [0.15, 0.2) is 0 Å². The number of aromatic carboxylic acids is 1. The summed E-state index contributed by atoms with van der Waals surface area (Å²) in [5.41, 5.74) is 4.80. The number of aryl methyl sites for hydroxylation is 2. The van der Waals surface area contributed by atoms with Crippen LogP contribution in [-0.4, -0.2) is 145 Å². The molecule has 2 heterocycles. The zero-order chi connectivity index (χ0) is 61.0. The molecular formula is C62H76N4O16S2. The molecule has 20 nitrogen and oxygen atoms in total. The van der Waals surface area contributed by atoms with E-state index in [4.69, 9.17) is 29.4 Å². The third-order valence-electron chi connectivity index (χ3n) is 14.0. The van der Waals surface area contributed by atoms with Crippen molar-refractivity contribution in [2.24, 2.45) is 0 Å². The fourth-order valence-corrected chi connectivity index (χ4v) is 11.6. The van der Waals surface area contributed by atoms with E-state index < -0.39 is 68.9 Å². The first kappa shape index (κ1) is 66.1. The fourth-order valence-electron chi connectivity index (χ4n) is 9.04. The van der Waals surface area contributed by atoms with Crippen LogP contribution in [-0.2, 0) is 56.8 Å². The number of aromatic hydroxyl groups is 2. The monoisotopic (exact) mass is 1200 g/mol. The van der Waals surface area contributed by atoms with Gasteiger partial charge in [-0.1, -0.05) is 117 Å². The number of carboxylic acids is 1. The van der Waals surface area contributed by atoms with Crippen LogP contribution in [0, 0.1) is 27.7 Å². The number of hydrogen-bond donors (Lipinski definition) is 7. The normalized spacial score (nSPS) is 15.5. The van der Waals surface area contributed by atoms with Crippen LogP contribution in [0.5, 0.6) is 11.5 Å². The molecule has 0 radical (unpaired) electrons. The van der Waals surface area contributed by atoms with Gasteiger partial charge in [-0.15, -0.1) is 0 Å². The lowest BCUT2D eigenvalue weighted by Crippen LogP contribution is -2.51. The number of benzene rings is 6. The molecule has 84 heavy (non-hydrogen) atoms. The summed E-state index contributed by atoms with van der Waals surface area (Å²) in [4.78, 5) is 47.6. The Morgan fingerprint density at radius 2 is 0.905 bits per heavy atom. The van der Waals surface area contributed by atoms with Crippen LogP contribution in [0.3, 0.4) is 0 Å². The minimum absolute atomic E-state index is 0.0184. The van der Waals surface area contributed by atoms with Gasteiger partial charge in [0.2, 0.25) is 5.91 Å². The first-order valence-electron chi connectivity index (χ1n) is 27.5. The number of carbonyl (C=O) groups is 3. The Morgan fingerprint density at radius 3 is 1.27 bits per heavy atom. The van der Waals surface area contributed by atoms with E-state index in [-0.39, 0.29) is 57.4 Å². The maximum atomic E-state index is 13.7. The summed E-state index contributed by atoms with van der Waals surface area (Å²) in [6, 6.07) is 39.1. The van der Waals surface area contributed by atoms with Crippen molar-refractivity contribution >= 4 is 37.8 Å². The highest BCUT2D eigenvalue weighted by Crippen LogP contribution is 2.26. The van der Waals surface area contributed by atoms with Crippen molar-refractivity contribution < 1.29 is 75.9 Å². The average Bonchev–Trinajstić information content (AvgIpc) is 3.68. The van der Waals surface area contributed by atoms with Crippen LogP contribution in [0.1, 0.15) is 86.7 Å². The quantitative estimate of drug-likeness (QED) is 0.0333. The molecule has 0 aliphatic carbocycles. The fraction of sp³-hybridized carbons (Fsp3) is 0.371. The van der Waals surface area contributed by atoms with E-state index in [0.717, 1.165) is 31.2 Å². The van der Waals surface area contributed by atoms with Crippen LogP contribution in [0.25, 0.3) is 0 Å². The predicted octanol–water partition coefficient (Wildman–Crippen LogP) is 7.12. The van der Waals surface area contributed by atoms with Gasteiger partial charge in [0.05, 0.1) is 64.9 Å². The molecule has 2 aliphatic heterocycles. The number of phenols is 2. The number of carboxylic acid groups (broad SMARTS) is 1. The average molecular weight is 1200 g/mol. The number of carbonyl (C=O) groups excluding carboxylic acids is 2. The standard InChI is InChI=1S/C30H36N2O7S.C24H32N2O6S.C8H8O3/c1-21-11-13-25(14-12-21)40(36,37)32(39-24-15-17-38-18-16-24)20-29(34)27(19-23-7-4-3-5-8-23)31-30(35)26-9-6-10-28(33)22(26)2;1-18-8-10-22(11-9-18)33(29,30)26(32-21-12-14-31-15-13-21)17-24(28)23(25-19(2)27)16-20-6-4-3-5-7-20;1-5-6(8(10)11)3-2-4-7(5)9/h3-14,24,27,29,33-34H,15-20H2,1-2H3,(H,31,35);3-11,21,23-24,28H,12-17H2,1-2H3,(H,25,27);2-4,9H,1H3,(H,10,11)/t27-,29+;23-,24+;/m00./s1. The van der Waals surface area contributed by atoms with E-state index in [1.165, 1.54) is 55.5 Å². The number of nitrogens with one attached hydrogen (secondary N) is 2. The molecule has 2 amide bonds. The number of nitrogens with zero attached hydrogens (tertiary/aromatic N) is 2. The number of aliphatic hydroxyl groups is 2. The summed E-state index contributed by atoms with van der Waals surface area (Å²) in [7, 11) is -8.20. The Kier molecular flexibility index (Phi) is 24.9. The van der Waals surface area contributed by atoms with Crippen LogP contribution in [0.2, 0.25) is 0 Å². The van der Waals surface area contributed by atoms with Crippen molar-refractivity contribution in [3.8, 4) is 11.5 Å². The maximum absolute atomic E-state index is 13.7. The summed E-state index contributed by atoms with van der Waals surface area (Å²) >= 11 is 0. The Morgan fingerprint density at radius 1 is 0.536 bits per heavy atom. The smallest absolute Gasteiger partial charge is 0.336 e. The van der Waals surface area contributed by atoms with Crippen molar-refractivity contribution in [3.63, 3.8) is 0 Å². The number of rotatable bonds is 22. The van der Waals surface area contributed by atoms with Gasteiger partial charge in [0.1, 0.15) is 11.5 Å². The Balaban J connectivity index is 0.000000231. The van der Waals surface area contributed by atoms with Gasteiger partial charge in [-0.25, -0.2) is 21.6 Å². The van der Waals surface area contributed by atoms with E-state index in [0.29, 0.717) is 69.7 Å². The molecule has 0 bridgehead atoms. The Hall–Kier alpha value is -7.09. The molecule has 2 saturated heterocycles. The van der Waals surface area contributed by atoms with Gasteiger partial charge in [-0.05, 0) is 126 Å². The molecule has 0 spiro atoms. The van der Waals surface area contributed by atoms with Gasteiger partial charge in [-0.2, -0.15) is 0 Å². The molecule has 452 valence electrons. The molecule has 0 unspecified atom stereocenters. The topological polar surface area (TPSA) is 288 Å². The Labute approximate surface area is 491 Å². The second-order valence-corrected chi connectivity index (χ2v) is 24.2. The van der Waals surface area contributed by atoms with Crippen molar-refractivity contribution in [1.82, 2.24) is 19.6 Å². The number of aliphatic hydroxyl groups excluding tert-OH is 2. The lowest BCUT2D eigenvalue weighted by Gasteiger charge is -2.32. The number of hydroxylamine groups is 2. The number of amides is 2. The summed E-state index contributed by atoms with van der Waals surface area (Å²) in [6.45, 7) is 9.41. The highest BCUT2D eigenvalue weighted by Gasteiger charge is 2.36. The van der Waals surface area contributed by atoms with Crippen molar-refractivity contribution in [2.45, 2.75) is 119 Å². The zero-order valence-corrected chi connectivity index (χ0v) is 49.4. The number of ether oxygens (including phenoxy) is 2. The molecule has 7 N–H and O–H groups in total. The summed E-state index contributed by atoms with van der Waals surface area (Å²) in [5.74, 6) is -1.82. The Bertz CT molecular complexity index is 3290. The van der Waals surface area contributed by atoms with Crippen molar-refractivity contribution in [3.05, 3.63) is 190 Å². The van der Waals surface area contributed by atoms with E-state index in [2.05, 4.69) is 10.6 Å². The van der Waals surface area contributed by atoms with Crippen LogP contribution in [0.4, 0.5) is 0 Å². The number of sulfonamides is 2. The van der Waals surface area contributed by atoms with Crippen molar-refractivity contribution in [2.75, 3.05) is 39.5 Å². The van der Waals surface area contributed by atoms with Gasteiger partial charge in [0, 0.05) is 50.0 Å². The third kappa shape index (κ3) is 19.5.